The molecule has 0 atom stereocenters. The first-order chi connectivity index (χ1) is 9.61. The minimum absolute atomic E-state index is 0.346. The number of hydrogen-bond donors (Lipinski definition) is 0. The van der Waals surface area contributed by atoms with Crippen LogP contribution in [0.15, 0.2) is 61.2 Å². The molecule has 1 heterocycles. The first-order valence-corrected chi connectivity index (χ1v) is 6.16. The van der Waals surface area contributed by atoms with E-state index in [0.717, 1.165) is 16.8 Å². The largest absolute Gasteiger partial charge is 0.466 e. The number of benzene rings is 1. The van der Waals surface area contributed by atoms with Crippen molar-refractivity contribution in [1.29, 1.82) is 0 Å². The molecule has 0 spiro atoms. The smallest absolute Gasteiger partial charge is 0.333 e. The van der Waals surface area contributed by atoms with Gasteiger partial charge in [0.1, 0.15) is 0 Å². The lowest BCUT2D eigenvalue weighted by Gasteiger charge is -2.06. The molecule has 1 aromatic heterocycles. The zero-order valence-corrected chi connectivity index (χ0v) is 11.5. The molecule has 0 unspecified atom stereocenters. The second-order valence-electron chi connectivity index (χ2n) is 4.36. The Hall–Kier alpha value is -2.62. The first-order valence-electron chi connectivity index (χ1n) is 6.16. The Bertz CT molecular complexity index is 638. The van der Waals surface area contributed by atoms with Crippen LogP contribution in [0.4, 0.5) is 0 Å². The van der Waals surface area contributed by atoms with Gasteiger partial charge in [-0.25, -0.2) is 9.78 Å². The number of ether oxygens (including phenoxy) is 1. The van der Waals surface area contributed by atoms with Gasteiger partial charge in [-0.2, -0.15) is 0 Å². The zero-order chi connectivity index (χ0) is 14.5. The molecule has 102 valence electrons. The molecule has 0 fully saturated rings. The van der Waals surface area contributed by atoms with Gasteiger partial charge < -0.3 is 9.30 Å². The van der Waals surface area contributed by atoms with E-state index in [4.69, 9.17) is 0 Å². The Labute approximate surface area is 118 Å². The maximum Gasteiger partial charge on any atom is 0.333 e. The lowest BCUT2D eigenvalue weighted by Crippen LogP contribution is -2.01. The predicted octanol–water partition coefficient (Wildman–Crippen LogP) is 3.00. The molecule has 1 aromatic carbocycles. The summed E-state index contributed by atoms with van der Waals surface area (Å²) in [6.07, 6.45) is 7.07. The van der Waals surface area contributed by atoms with Gasteiger partial charge in [0, 0.05) is 23.7 Å². The van der Waals surface area contributed by atoms with E-state index in [1.54, 1.807) is 25.5 Å². The van der Waals surface area contributed by atoms with Crippen molar-refractivity contribution in [2.75, 3.05) is 7.11 Å². The lowest BCUT2D eigenvalue weighted by molar-refractivity contribution is -0.136. The predicted molar refractivity (Wildman–Crippen MR) is 78.4 cm³/mol. The highest BCUT2D eigenvalue weighted by molar-refractivity contribution is 5.91. The highest BCUT2D eigenvalue weighted by atomic mass is 16.5. The van der Waals surface area contributed by atoms with Crippen LogP contribution in [-0.2, 0) is 9.53 Å². The summed E-state index contributed by atoms with van der Waals surface area (Å²) in [5.41, 5.74) is 3.27. The van der Waals surface area contributed by atoms with Crippen molar-refractivity contribution >= 4 is 11.5 Å². The van der Waals surface area contributed by atoms with Crippen molar-refractivity contribution < 1.29 is 9.53 Å². The number of nitrogens with zero attached hydrogens (tertiary/aromatic N) is 2. The van der Waals surface area contributed by atoms with Crippen LogP contribution in [0, 0.1) is 0 Å². The van der Waals surface area contributed by atoms with Crippen LogP contribution >= 0.6 is 0 Å². The standard InChI is InChI=1S/C16H16N2O2/c1-12(10-13(2)16(19)20-3)14-4-6-15(7-5-14)18-9-8-17-11-18/h4-11H,1H2,2-3H3/b13-10+. The van der Waals surface area contributed by atoms with E-state index in [-0.39, 0.29) is 5.97 Å². The van der Waals surface area contributed by atoms with Crippen molar-refractivity contribution in [3.05, 3.63) is 66.8 Å². The molecule has 0 aliphatic rings. The van der Waals surface area contributed by atoms with Crippen LogP contribution in [0.2, 0.25) is 0 Å². The third-order valence-electron chi connectivity index (χ3n) is 2.94. The fourth-order valence-electron chi connectivity index (χ4n) is 1.82. The molecule has 0 N–H and O–H groups in total. The fraction of sp³-hybridized carbons (Fsp3) is 0.125. The third kappa shape index (κ3) is 3.03. The van der Waals surface area contributed by atoms with E-state index in [9.17, 15) is 4.79 Å². The summed E-state index contributed by atoms with van der Waals surface area (Å²) in [6.45, 7) is 5.68. The monoisotopic (exact) mass is 268 g/mol. The molecule has 0 radical (unpaired) electrons. The van der Waals surface area contributed by atoms with Crippen molar-refractivity contribution in [3.63, 3.8) is 0 Å². The minimum atomic E-state index is -0.346. The molecule has 0 amide bonds. The van der Waals surface area contributed by atoms with Gasteiger partial charge in [0.2, 0.25) is 0 Å². The second-order valence-corrected chi connectivity index (χ2v) is 4.36. The number of rotatable bonds is 4. The summed E-state index contributed by atoms with van der Waals surface area (Å²) in [5.74, 6) is -0.346. The highest BCUT2D eigenvalue weighted by Gasteiger charge is 2.05. The number of aromatic nitrogens is 2. The number of allylic oxidation sites excluding steroid dienone is 2. The van der Waals surface area contributed by atoms with Crippen molar-refractivity contribution in [1.82, 2.24) is 9.55 Å². The molecule has 0 saturated heterocycles. The zero-order valence-electron chi connectivity index (χ0n) is 11.5. The number of imidazole rings is 1. The average molecular weight is 268 g/mol. The first kappa shape index (κ1) is 13.8. The van der Waals surface area contributed by atoms with Gasteiger partial charge in [-0.05, 0) is 36.3 Å². The lowest BCUT2D eigenvalue weighted by atomic mass is 10.0. The van der Waals surface area contributed by atoms with Crippen molar-refractivity contribution in [3.8, 4) is 5.69 Å². The van der Waals surface area contributed by atoms with Crippen LogP contribution in [0.5, 0.6) is 0 Å². The maximum atomic E-state index is 11.3. The number of esters is 1. The van der Waals surface area contributed by atoms with Gasteiger partial charge >= 0.3 is 5.97 Å². The fourth-order valence-corrected chi connectivity index (χ4v) is 1.82. The van der Waals surface area contributed by atoms with Crippen molar-refractivity contribution in [2.45, 2.75) is 6.92 Å². The van der Waals surface area contributed by atoms with E-state index >= 15 is 0 Å². The molecular weight excluding hydrogens is 252 g/mol. The highest BCUT2D eigenvalue weighted by Crippen LogP contribution is 2.18. The van der Waals surface area contributed by atoms with Crippen molar-refractivity contribution in [2.24, 2.45) is 0 Å². The molecule has 0 aliphatic heterocycles. The van der Waals surface area contributed by atoms with E-state index in [1.165, 1.54) is 7.11 Å². The summed E-state index contributed by atoms with van der Waals surface area (Å²) in [6, 6.07) is 7.87. The number of methoxy groups -OCH3 is 1. The maximum absolute atomic E-state index is 11.3. The van der Waals surface area contributed by atoms with Crippen LogP contribution < -0.4 is 0 Å². The Morgan fingerprint density at radius 3 is 2.60 bits per heavy atom. The molecule has 0 aliphatic carbocycles. The second kappa shape index (κ2) is 6.02. The van der Waals surface area contributed by atoms with E-state index in [0.29, 0.717) is 5.57 Å². The van der Waals surface area contributed by atoms with Gasteiger partial charge in [0.15, 0.2) is 0 Å². The molecule has 0 saturated carbocycles. The number of hydrogen-bond acceptors (Lipinski definition) is 3. The Morgan fingerprint density at radius 2 is 2.05 bits per heavy atom. The Balaban J connectivity index is 2.18. The summed E-state index contributed by atoms with van der Waals surface area (Å²) >= 11 is 0. The van der Waals surface area contributed by atoms with Gasteiger partial charge in [-0.3, -0.25) is 0 Å². The number of carbonyl (C=O) groups excluding carboxylic acids is 1. The minimum Gasteiger partial charge on any atom is -0.466 e. The van der Waals surface area contributed by atoms with Crippen LogP contribution in [0.1, 0.15) is 12.5 Å². The van der Waals surface area contributed by atoms with Gasteiger partial charge in [-0.15, -0.1) is 0 Å². The molecule has 2 rings (SSSR count). The summed E-state index contributed by atoms with van der Waals surface area (Å²) in [5, 5.41) is 0. The summed E-state index contributed by atoms with van der Waals surface area (Å²) < 4.78 is 6.58. The van der Waals surface area contributed by atoms with Gasteiger partial charge in [-0.1, -0.05) is 18.7 Å². The average Bonchev–Trinajstić information content (AvgIpc) is 3.00. The Kier molecular flexibility index (Phi) is 4.15. The van der Waals surface area contributed by atoms with E-state index in [1.807, 2.05) is 35.0 Å². The third-order valence-corrected chi connectivity index (χ3v) is 2.94. The quantitative estimate of drug-likeness (QED) is 0.486. The van der Waals surface area contributed by atoms with Gasteiger partial charge in [0.25, 0.3) is 0 Å². The molecular formula is C16H16N2O2. The van der Waals surface area contributed by atoms with E-state index in [2.05, 4.69) is 16.3 Å². The molecule has 4 heteroatoms. The molecule has 0 bridgehead atoms. The molecule has 20 heavy (non-hydrogen) atoms. The van der Waals surface area contributed by atoms with E-state index < -0.39 is 0 Å². The van der Waals surface area contributed by atoms with Crippen LogP contribution in [0.3, 0.4) is 0 Å². The molecule has 2 aromatic rings. The summed E-state index contributed by atoms with van der Waals surface area (Å²) in [4.78, 5) is 15.4. The van der Waals surface area contributed by atoms with Gasteiger partial charge in [0.05, 0.1) is 13.4 Å². The summed E-state index contributed by atoms with van der Waals surface area (Å²) in [7, 11) is 1.36. The van der Waals surface area contributed by atoms with Crippen LogP contribution in [0.25, 0.3) is 11.3 Å². The molecule has 4 nitrogen and oxygen atoms in total. The Morgan fingerprint density at radius 1 is 1.35 bits per heavy atom. The number of carbonyl (C=O) groups is 1. The SMILES string of the molecule is C=C(/C=C(\C)C(=O)OC)c1ccc(-n2ccnc2)cc1. The topological polar surface area (TPSA) is 44.1 Å². The van der Waals surface area contributed by atoms with Crippen LogP contribution in [-0.4, -0.2) is 22.6 Å². The normalized spacial score (nSPS) is 11.2.